The van der Waals surface area contributed by atoms with E-state index in [0.29, 0.717) is 17.1 Å². The molecule has 26 heavy (non-hydrogen) atoms. The molecule has 8 nitrogen and oxygen atoms in total. The van der Waals surface area contributed by atoms with Gasteiger partial charge in [0.1, 0.15) is 5.69 Å². The fraction of sp³-hybridized carbons (Fsp3) is 0.222. The van der Waals surface area contributed by atoms with E-state index < -0.39 is 4.92 Å². The van der Waals surface area contributed by atoms with Crippen molar-refractivity contribution in [1.82, 2.24) is 0 Å². The first kappa shape index (κ1) is 17.4. The number of nitrogens with zero attached hydrogens (tertiary/aromatic N) is 2. The maximum absolute atomic E-state index is 11.8. The predicted octanol–water partition coefficient (Wildman–Crippen LogP) is 3.36. The molecule has 0 saturated heterocycles. The highest BCUT2D eigenvalue weighted by Crippen LogP contribution is 2.34. The van der Waals surface area contributed by atoms with Gasteiger partial charge < -0.3 is 9.47 Å². The van der Waals surface area contributed by atoms with Crippen LogP contribution in [0.15, 0.2) is 47.6 Å². The topological polar surface area (TPSA) is 103 Å². The van der Waals surface area contributed by atoms with Crippen molar-refractivity contribution in [2.75, 3.05) is 12.5 Å². The maximum Gasteiger partial charge on any atom is 0.314 e. The quantitative estimate of drug-likeness (QED) is 0.268. The summed E-state index contributed by atoms with van der Waals surface area (Å²) in [5.41, 5.74) is 3.55. The summed E-state index contributed by atoms with van der Waals surface area (Å²) in [6.07, 6.45) is 3.22. The molecule has 2 aromatic carbocycles. The number of nitrogens with one attached hydrogen (secondary N) is 1. The summed E-state index contributed by atoms with van der Waals surface area (Å²) in [7, 11) is 1.48. The Bertz CT molecular complexity index is 862. The van der Waals surface area contributed by atoms with Gasteiger partial charge in [0, 0.05) is 6.07 Å². The molecule has 0 atom stereocenters. The zero-order valence-corrected chi connectivity index (χ0v) is 14.0. The van der Waals surface area contributed by atoms with Crippen LogP contribution < -0.4 is 14.9 Å². The van der Waals surface area contributed by atoms with Crippen molar-refractivity contribution >= 4 is 23.6 Å². The second kappa shape index (κ2) is 7.64. The third-order valence-electron chi connectivity index (χ3n) is 3.81. The van der Waals surface area contributed by atoms with Crippen molar-refractivity contribution in [3.8, 4) is 11.5 Å². The minimum absolute atomic E-state index is 0.00758. The lowest BCUT2D eigenvalue weighted by Gasteiger charge is -2.09. The van der Waals surface area contributed by atoms with Gasteiger partial charge in [0.25, 0.3) is 5.69 Å². The number of rotatable bonds is 7. The Kier molecular flexibility index (Phi) is 5.12. The molecule has 1 fully saturated rings. The van der Waals surface area contributed by atoms with Crippen LogP contribution >= 0.6 is 0 Å². The molecular weight excluding hydrogens is 338 g/mol. The number of esters is 1. The second-order valence-electron chi connectivity index (χ2n) is 5.75. The molecule has 1 aliphatic carbocycles. The Balaban J connectivity index is 1.70. The Hall–Kier alpha value is -3.42. The number of benzene rings is 2. The fourth-order valence-electron chi connectivity index (χ4n) is 2.26. The van der Waals surface area contributed by atoms with Gasteiger partial charge in [-0.15, -0.1) is 0 Å². The first-order valence-corrected chi connectivity index (χ1v) is 8.00. The van der Waals surface area contributed by atoms with Crippen LogP contribution in [0.2, 0.25) is 0 Å². The van der Waals surface area contributed by atoms with Crippen LogP contribution in [-0.2, 0) is 4.79 Å². The number of carbonyl (C=O) groups is 1. The average Bonchev–Trinajstić information content (AvgIpc) is 3.48. The van der Waals surface area contributed by atoms with Crippen LogP contribution in [0, 0.1) is 16.0 Å². The highest BCUT2D eigenvalue weighted by molar-refractivity contribution is 5.83. The van der Waals surface area contributed by atoms with Crippen LogP contribution in [0.5, 0.6) is 11.5 Å². The van der Waals surface area contributed by atoms with E-state index in [0.717, 1.165) is 12.8 Å². The molecule has 3 rings (SSSR count). The number of anilines is 1. The molecule has 1 aliphatic rings. The standard InChI is InChI=1S/C18H17N3O5/c1-25-17-10-12(6-9-16(17)26-18(22)13-7-8-13)11-19-20-14-4-2-3-5-15(14)21(23)24/h2-6,9-11,13,20H,7-8H2,1H3/b19-11-. The number of methoxy groups -OCH3 is 1. The van der Waals surface area contributed by atoms with Gasteiger partial charge in [-0.1, -0.05) is 12.1 Å². The number of ether oxygens (including phenoxy) is 2. The molecule has 1 saturated carbocycles. The Morgan fingerprint density at radius 2 is 2.04 bits per heavy atom. The SMILES string of the molecule is COc1cc(/C=N\Nc2ccccc2[N+](=O)[O-])ccc1OC(=O)C1CC1. The normalized spacial score (nSPS) is 13.4. The minimum atomic E-state index is -0.482. The number of hydrogen-bond donors (Lipinski definition) is 1. The fourth-order valence-corrected chi connectivity index (χ4v) is 2.26. The van der Waals surface area contributed by atoms with E-state index in [-0.39, 0.29) is 23.3 Å². The van der Waals surface area contributed by atoms with Gasteiger partial charge in [0.2, 0.25) is 0 Å². The third-order valence-corrected chi connectivity index (χ3v) is 3.81. The Morgan fingerprint density at radius 1 is 1.27 bits per heavy atom. The number of hydrazone groups is 1. The first-order valence-electron chi connectivity index (χ1n) is 8.00. The van der Waals surface area contributed by atoms with Gasteiger partial charge in [-0.3, -0.25) is 20.3 Å². The van der Waals surface area contributed by atoms with Crippen LogP contribution in [0.3, 0.4) is 0 Å². The van der Waals surface area contributed by atoms with E-state index in [1.165, 1.54) is 19.4 Å². The molecule has 0 bridgehead atoms. The zero-order chi connectivity index (χ0) is 18.5. The van der Waals surface area contributed by atoms with Crippen LogP contribution in [0.4, 0.5) is 11.4 Å². The number of hydrogen-bond acceptors (Lipinski definition) is 7. The lowest BCUT2D eigenvalue weighted by Crippen LogP contribution is -2.10. The summed E-state index contributed by atoms with van der Waals surface area (Å²) in [5.74, 6) is 0.511. The summed E-state index contributed by atoms with van der Waals surface area (Å²) in [6.45, 7) is 0. The van der Waals surface area contributed by atoms with E-state index in [1.54, 1.807) is 36.4 Å². The number of para-hydroxylation sites is 2. The van der Waals surface area contributed by atoms with Crippen molar-refractivity contribution in [1.29, 1.82) is 0 Å². The summed E-state index contributed by atoms with van der Waals surface area (Å²) >= 11 is 0. The monoisotopic (exact) mass is 355 g/mol. The van der Waals surface area contributed by atoms with E-state index in [1.807, 2.05) is 0 Å². The molecule has 1 N–H and O–H groups in total. The largest absolute Gasteiger partial charge is 0.493 e. The summed E-state index contributed by atoms with van der Waals surface area (Å²) < 4.78 is 10.6. The molecule has 2 aromatic rings. The highest BCUT2D eigenvalue weighted by Gasteiger charge is 2.32. The van der Waals surface area contributed by atoms with Gasteiger partial charge in [0.05, 0.1) is 24.2 Å². The van der Waals surface area contributed by atoms with E-state index in [9.17, 15) is 14.9 Å². The Morgan fingerprint density at radius 3 is 2.73 bits per heavy atom. The molecular formula is C18H17N3O5. The lowest BCUT2D eigenvalue weighted by molar-refractivity contribution is -0.384. The van der Waals surface area contributed by atoms with Gasteiger partial charge in [-0.05, 0) is 42.7 Å². The maximum atomic E-state index is 11.8. The van der Waals surface area contributed by atoms with Gasteiger partial charge in [-0.25, -0.2) is 0 Å². The molecule has 0 unspecified atom stereocenters. The van der Waals surface area contributed by atoms with Gasteiger partial charge in [-0.2, -0.15) is 5.10 Å². The van der Waals surface area contributed by atoms with Crippen LogP contribution in [-0.4, -0.2) is 24.2 Å². The molecule has 0 radical (unpaired) electrons. The van der Waals surface area contributed by atoms with Gasteiger partial charge in [0.15, 0.2) is 11.5 Å². The highest BCUT2D eigenvalue weighted by atomic mass is 16.6. The molecule has 0 amide bonds. The van der Waals surface area contributed by atoms with Crippen molar-refractivity contribution in [3.05, 3.63) is 58.1 Å². The smallest absolute Gasteiger partial charge is 0.314 e. The molecule has 0 aliphatic heterocycles. The van der Waals surface area contributed by atoms with Crippen LogP contribution in [0.25, 0.3) is 0 Å². The van der Waals surface area contributed by atoms with Crippen LogP contribution in [0.1, 0.15) is 18.4 Å². The zero-order valence-electron chi connectivity index (χ0n) is 14.0. The van der Waals surface area contributed by atoms with E-state index in [4.69, 9.17) is 9.47 Å². The summed E-state index contributed by atoms with van der Waals surface area (Å²) in [4.78, 5) is 22.3. The summed E-state index contributed by atoms with van der Waals surface area (Å²) in [5, 5.41) is 15.0. The van der Waals surface area contributed by atoms with Crippen molar-refractivity contribution < 1.29 is 19.2 Å². The van der Waals surface area contributed by atoms with Crippen molar-refractivity contribution in [2.24, 2.45) is 11.0 Å². The Labute approximate surface area is 149 Å². The van der Waals surface area contributed by atoms with E-state index >= 15 is 0 Å². The van der Waals surface area contributed by atoms with E-state index in [2.05, 4.69) is 10.5 Å². The molecule has 134 valence electrons. The van der Waals surface area contributed by atoms with Crippen molar-refractivity contribution in [2.45, 2.75) is 12.8 Å². The minimum Gasteiger partial charge on any atom is -0.493 e. The number of nitro groups is 1. The third kappa shape index (κ3) is 4.15. The summed E-state index contributed by atoms with van der Waals surface area (Å²) in [6, 6.07) is 11.2. The molecule has 0 spiro atoms. The van der Waals surface area contributed by atoms with Gasteiger partial charge >= 0.3 is 5.97 Å². The second-order valence-corrected chi connectivity index (χ2v) is 5.75. The first-order chi connectivity index (χ1) is 12.6. The molecule has 0 aromatic heterocycles. The molecule has 0 heterocycles. The number of carbonyl (C=O) groups excluding carboxylic acids is 1. The predicted molar refractivity (Wildman–Crippen MR) is 95.7 cm³/mol. The van der Waals surface area contributed by atoms with Crippen molar-refractivity contribution in [3.63, 3.8) is 0 Å². The number of nitro benzene ring substituents is 1. The lowest BCUT2D eigenvalue weighted by atomic mass is 10.2. The molecule has 8 heteroatoms. The average molecular weight is 355 g/mol.